The van der Waals surface area contributed by atoms with Crippen molar-refractivity contribution in [2.75, 3.05) is 0 Å². The molecule has 116 valence electrons. The van der Waals surface area contributed by atoms with E-state index in [1.54, 1.807) is 26.2 Å². The number of carbonyl (C=O) groups excluding carboxylic acids is 1. The summed E-state index contributed by atoms with van der Waals surface area (Å²) in [7, 11) is -0.520. The Morgan fingerprint density at radius 2 is 1.86 bits per heavy atom. The molecule has 1 aliphatic heterocycles. The molecule has 1 aromatic heterocycles. The Balaban J connectivity index is 2.25. The van der Waals surface area contributed by atoms with Gasteiger partial charge < -0.3 is 14.1 Å². The Morgan fingerprint density at radius 3 is 2.33 bits per heavy atom. The fourth-order valence-corrected chi connectivity index (χ4v) is 1.98. The van der Waals surface area contributed by atoms with Gasteiger partial charge in [0.15, 0.2) is 5.54 Å². The lowest BCUT2D eigenvalue weighted by atomic mass is 9.82. The van der Waals surface area contributed by atoms with Crippen molar-refractivity contribution in [1.82, 2.24) is 9.78 Å². The summed E-state index contributed by atoms with van der Waals surface area (Å²) in [5, 5.41) is 4.20. The van der Waals surface area contributed by atoms with Gasteiger partial charge in [0.2, 0.25) is 0 Å². The molecule has 1 saturated heterocycles. The molecule has 1 aromatic rings. The molecular weight excluding hydrogens is 273 g/mol. The van der Waals surface area contributed by atoms with Crippen LogP contribution < -0.4 is 11.4 Å². The van der Waals surface area contributed by atoms with Gasteiger partial charge in [0.1, 0.15) is 0 Å². The molecule has 0 unspecified atom stereocenters. The molecule has 0 aliphatic carbocycles. The van der Waals surface area contributed by atoms with Gasteiger partial charge in [-0.1, -0.05) is 0 Å². The van der Waals surface area contributed by atoms with Gasteiger partial charge in [-0.05, 0) is 41.5 Å². The maximum absolute atomic E-state index is 11.7. The molecule has 0 saturated carbocycles. The van der Waals surface area contributed by atoms with Gasteiger partial charge in [-0.15, -0.1) is 0 Å². The van der Waals surface area contributed by atoms with Crippen LogP contribution in [0.3, 0.4) is 0 Å². The minimum Gasteiger partial charge on any atom is -0.399 e. The zero-order valence-electron chi connectivity index (χ0n) is 13.3. The third kappa shape index (κ3) is 2.58. The molecule has 0 aromatic carbocycles. The fraction of sp³-hybridized carbons (Fsp3) is 0.692. The van der Waals surface area contributed by atoms with Crippen LogP contribution in [-0.4, -0.2) is 34.1 Å². The molecule has 0 radical (unpaired) electrons. The second-order valence-electron chi connectivity index (χ2n) is 6.77. The van der Waals surface area contributed by atoms with E-state index in [1.165, 1.54) is 4.68 Å². The third-order valence-electron chi connectivity index (χ3n) is 4.31. The molecule has 1 fully saturated rings. The van der Waals surface area contributed by atoms with Crippen LogP contribution in [0.1, 0.15) is 41.5 Å². The zero-order chi connectivity index (χ0) is 16.1. The van der Waals surface area contributed by atoms with E-state index in [-0.39, 0.29) is 0 Å². The minimum atomic E-state index is -1.00. The van der Waals surface area contributed by atoms with Crippen LogP contribution >= 0.6 is 0 Å². The Labute approximate surface area is 124 Å². The summed E-state index contributed by atoms with van der Waals surface area (Å²) in [5.41, 5.74) is -1.11. The van der Waals surface area contributed by atoms with Gasteiger partial charge in [-0.25, -0.2) is 4.79 Å². The van der Waals surface area contributed by atoms with Crippen LogP contribution in [0, 0.1) is 0 Å². The van der Waals surface area contributed by atoms with Crippen molar-refractivity contribution in [3.8, 4) is 0 Å². The highest BCUT2D eigenvalue weighted by molar-refractivity contribution is 6.62. The molecule has 1 aliphatic rings. The van der Waals surface area contributed by atoms with E-state index in [1.807, 2.05) is 27.7 Å². The van der Waals surface area contributed by atoms with Crippen molar-refractivity contribution in [3.05, 3.63) is 12.4 Å². The second-order valence-corrected chi connectivity index (χ2v) is 6.77. The van der Waals surface area contributed by atoms with Crippen LogP contribution in [-0.2, 0) is 24.5 Å². The lowest BCUT2D eigenvalue weighted by molar-refractivity contribution is -0.153. The first-order valence-electron chi connectivity index (χ1n) is 6.83. The number of nitrogens with two attached hydrogens (primary N) is 1. The lowest BCUT2D eigenvalue weighted by Gasteiger charge is -2.32. The van der Waals surface area contributed by atoms with Crippen LogP contribution in [0.2, 0.25) is 0 Å². The van der Waals surface area contributed by atoms with E-state index >= 15 is 0 Å². The number of nitrogens with zero attached hydrogens (tertiary/aromatic N) is 2. The van der Waals surface area contributed by atoms with Gasteiger partial charge in [-0.2, -0.15) is 11.0 Å². The molecule has 8 heteroatoms. The van der Waals surface area contributed by atoms with Gasteiger partial charge in [0.25, 0.3) is 0 Å². The second kappa shape index (κ2) is 4.83. The van der Waals surface area contributed by atoms with Crippen LogP contribution in [0.25, 0.3) is 0 Å². The van der Waals surface area contributed by atoms with Crippen molar-refractivity contribution in [2.45, 2.75) is 58.3 Å². The fourth-order valence-electron chi connectivity index (χ4n) is 1.98. The Bertz CT molecular complexity index is 537. The summed E-state index contributed by atoms with van der Waals surface area (Å²) in [6.07, 6.45) is 3.33. The molecule has 7 nitrogen and oxygen atoms in total. The minimum absolute atomic E-state index is 0.425. The van der Waals surface area contributed by atoms with E-state index < -0.39 is 29.8 Å². The first kappa shape index (κ1) is 16.0. The molecule has 0 spiro atoms. The van der Waals surface area contributed by atoms with Gasteiger partial charge >= 0.3 is 13.1 Å². The number of aromatic nitrogens is 2. The molecule has 2 rings (SSSR count). The average molecular weight is 295 g/mol. The number of rotatable bonds is 3. The van der Waals surface area contributed by atoms with Gasteiger partial charge in [0.05, 0.1) is 11.2 Å². The Hall–Kier alpha value is -1.38. The van der Waals surface area contributed by atoms with Crippen molar-refractivity contribution >= 4 is 18.6 Å². The molecule has 0 bridgehead atoms. The predicted molar refractivity (Wildman–Crippen MR) is 77.5 cm³/mol. The first-order chi connectivity index (χ1) is 9.51. The number of hydrogen-bond acceptors (Lipinski definition) is 6. The Kier molecular flexibility index (Phi) is 3.68. The number of hydrogen-bond donors (Lipinski definition) is 1. The molecule has 0 amide bonds. The smallest absolute Gasteiger partial charge is 0.399 e. The lowest BCUT2D eigenvalue weighted by Crippen LogP contribution is -2.41. The Morgan fingerprint density at radius 1 is 1.33 bits per heavy atom. The monoisotopic (exact) mass is 295 g/mol. The van der Waals surface area contributed by atoms with Crippen LogP contribution in [0.5, 0.6) is 0 Å². The van der Waals surface area contributed by atoms with E-state index in [9.17, 15) is 4.79 Å². The summed E-state index contributed by atoms with van der Waals surface area (Å²) >= 11 is 0. The standard InChI is InChI=1S/C13H22BN3O4/c1-11(2,10(18)19-15)17-8-9(7-16-17)14-20-12(3,4)13(5,6)21-14/h7-8H,15H2,1-6H3. The highest BCUT2D eigenvalue weighted by Crippen LogP contribution is 2.36. The normalized spacial score (nSPS) is 20.6. The van der Waals surface area contributed by atoms with E-state index in [2.05, 4.69) is 9.94 Å². The van der Waals surface area contributed by atoms with Gasteiger partial charge in [-0.3, -0.25) is 4.68 Å². The largest absolute Gasteiger partial charge is 0.498 e. The summed E-state index contributed by atoms with van der Waals surface area (Å²) in [6.45, 7) is 11.3. The van der Waals surface area contributed by atoms with Crippen molar-refractivity contribution < 1.29 is 18.9 Å². The molecule has 21 heavy (non-hydrogen) atoms. The van der Waals surface area contributed by atoms with Crippen molar-refractivity contribution in [2.24, 2.45) is 5.90 Å². The topological polar surface area (TPSA) is 88.6 Å². The average Bonchev–Trinajstić information content (AvgIpc) is 2.92. The van der Waals surface area contributed by atoms with Crippen molar-refractivity contribution in [1.29, 1.82) is 0 Å². The van der Waals surface area contributed by atoms with Crippen molar-refractivity contribution in [3.63, 3.8) is 0 Å². The zero-order valence-corrected chi connectivity index (χ0v) is 13.3. The van der Waals surface area contributed by atoms with Gasteiger partial charge in [0, 0.05) is 17.9 Å². The van der Waals surface area contributed by atoms with E-state index in [0.717, 1.165) is 5.46 Å². The summed E-state index contributed by atoms with van der Waals surface area (Å²) < 4.78 is 13.4. The SMILES string of the molecule is CC(C)(C(=O)ON)n1cc(B2OC(C)(C)C(C)(C)O2)cn1. The van der Waals surface area contributed by atoms with E-state index in [4.69, 9.17) is 15.2 Å². The highest BCUT2D eigenvalue weighted by Gasteiger charge is 2.52. The maximum Gasteiger partial charge on any atom is 0.498 e. The summed E-state index contributed by atoms with van der Waals surface area (Å²) in [5.74, 6) is 4.38. The van der Waals surface area contributed by atoms with E-state index in [0.29, 0.717) is 0 Å². The van der Waals surface area contributed by atoms with Crippen LogP contribution in [0.15, 0.2) is 12.4 Å². The maximum atomic E-state index is 11.7. The summed E-state index contributed by atoms with van der Waals surface area (Å²) in [6, 6.07) is 0. The molecule has 2 N–H and O–H groups in total. The predicted octanol–water partition coefficient (Wildman–Crippen LogP) is 0.334. The van der Waals surface area contributed by atoms with Crippen LogP contribution in [0.4, 0.5) is 0 Å². The molecule has 2 heterocycles. The quantitative estimate of drug-likeness (QED) is 0.639. The number of carbonyl (C=O) groups is 1. The summed E-state index contributed by atoms with van der Waals surface area (Å²) in [4.78, 5) is 16.0. The molecular formula is C13H22BN3O4. The third-order valence-corrected chi connectivity index (χ3v) is 4.31. The molecule has 0 atom stereocenters. The highest BCUT2D eigenvalue weighted by atomic mass is 16.7. The first-order valence-corrected chi connectivity index (χ1v) is 6.83.